The molecule has 2 aromatic rings. The number of amidine groups is 1. The molecule has 0 aliphatic rings. The first kappa shape index (κ1) is 13.8. The molecular weight excluding hydrogens is 284 g/mol. The predicted molar refractivity (Wildman–Crippen MR) is 73.4 cm³/mol. The van der Waals surface area contributed by atoms with Crippen molar-refractivity contribution in [2.24, 2.45) is 5.73 Å². The number of ether oxygens (including phenoxy) is 1. The van der Waals surface area contributed by atoms with E-state index in [2.05, 4.69) is 4.98 Å². The van der Waals surface area contributed by atoms with Crippen LogP contribution in [0.3, 0.4) is 0 Å². The molecule has 8 heteroatoms. The van der Waals surface area contributed by atoms with Crippen LogP contribution in [0.5, 0.6) is 11.5 Å². The fourth-order valence-electron chi connectivity index (χ4n) is 1.48. The summed E-state index contributed by atoms with van der Waals surface area (Å²) in [5, 5.41) is 18.1. The van der Waals surface area contributed by atoms with Crippen molar-refractivity contribution in [3.05, 3.63) is 57.4 Å². The zero-order valence-corrected chi connectivity index (χ0v) is 10.8. The van der Waals surface area contributed by atoms with E-state index in [4.69, 9.17) is 27.5 Å². The van der Waals surface area contributed by atoms with Gasteiger partial charge in [0.2, 0.25) is 0 Å². The Kier molecular flexibility index (Phi) is 3.81. The molecule has 0 bridgehead atoms. The molecule has 0 atom stereocenters. The lowest BCUT2D eigenvalue weighted by Crippen LogP contribution is -2.14. The monoisotopic (exact) mass is 292 g/mol. The van der Waals surface area contributed by atoms with Gasteiger partial charge >= 0.3 is 0 Å². The number of hydrogen-bond acceptors (Lipinski definition) is 5. The lowest BCUT2D eigenvalue weighted by Gasteiger charge is -2.10. The highest BCUT2D eigenvalue weighted by Crippen LogP contribution is 2.33. The second-order valence-electron chi connectivity index (χ2n) is 3.74. The Bertz CT molecular complexity index is 690. The first-order chi connectivity index (χ1) is 9.49. The zero-order valence-electron chi connectivity index (χ0n) is 10.0. The Hall–Kier alpha value is -2.67. The standard InChI is InChI=1S/C12H9ClN4O3/c13-8-6-7(17(18)19)3-4-9(8)20-10-2-1-5-16-11(10)12(14)15/h1-6H,(H3,14,15). The van der Waals surface area contributed by atoms with E-state index in [1.54, 1.807) is 12.1 Å². The highest BCUT2D eigenvalue weighted by atomic mass is 35.5. The summed E-state index contributed by atoms with van der Waals surface area (Å²) in [6.07, 6.45) is 1.47. The molecule has 0 saturated heterocycles. The van der Waals surface area contributed by atoms with Crippen molar-refractivity contribution >= 4 is 23.1 Å². The number of nitrogens with one attached hydrogen (secondary N) is 1. The topological polar surface area (TPSA) is 115 Å². The summed E-state index contributed by atoms with van der Waals surface area (Å²) < 4.78 is 5.50. The van der Waals surface area contributed by atoms with Crippen molar-refractivity contribution < 1.29 is 9.66 Å². The molecule has 0 aliphatic heterocycles. The Balaban J connectivity index is 2.36. The maximum Gasteiger partial charge on any atom is 0.271 e. The SMILES string of the molecule is N=C(N)c1ncccc1Oc1ccc([N+](=O)[O-])cc1Cl. The van der Waals surface area contributed by atoms with Crippen LogP contribution in [-0.4, -0.2) is 15.7 Å². The van der Waals surface area contributed by atoms with Gasteiger partial charge in [0.25, 0.3) is 5.69 Å². The van der Waals surface area contributed by atoms with Crippen LogP contribution in [0.4, 0.5) is 5.69 Å². The molecule has 20 heavy (non-hydrogen) atoms. The minimum absolute atomic E-state index is 0.0811. The summed E-state index contributed by atoms with van der Waals surface area (Å²) in [6.45, 7) is 0. The van der Waals surface area contributed by atoms with Crippen molar-refractivity contribution in [3.63, 3.8) is 0 Å². The number of benzene rings is 1. The minimum Gasteiger partial charge on any atom is -0.453 e. The zero-order chi connectivity index (χ0) is 14.7. The van der Waals surface area contributed by atoms with Crippen LogP contribution in [0, 0.1) is 15.5 Å². The third-order valence-corrected chi connectivity index (χ3v) is 2.67. The summed E-state index contributed by atoms with van der Waals surface area (Å²) in [6, 6.07) is 7.01. The molecule has 1 aromatic carbocycles. The van der Waals surface area contributed by atoms with Gasteiger partial charge in [0, 0.05) is 18.3 Å². The lowest BCUT2D eigenvalue weighted by atomic mass is 10.3. The second kappa shape index (κ2) is 5.54. The smallest absolute Gasteiger partial charge is 0.271 e. The molecule has 102 valence electrons. The Labute approximate surface area is 118 Å². The minimum atomic E-state index is -0.555. The number of nitrogen functional groups attached to an aromatic ring is 1. The third kappa shape index (κ3) is 2.83. The van der Waals surface area contributed by atoms with E-state index in [9.17, 15) is 10.1 Å². The summed E-state index contributed by atoms with van der Waals surface area (Å²) in [7, 11) is 0. The average Bonchev–Trinajstić information content (AvgIpc) is 2.41. The molecule has 7 nitrogen and oxygen atoms in total. The number of nitrogens with zero attached hydrogens (tertiary/aromatic N) is 2. The van der Waals surface area contributed by atoms with Gasteiger partial charge in [0.1, 0.15) is 17.3 Å². The quantitative estimate of drug-likeness (QED) is 0.389. The molecule has 1 heterocycles. The number of hydrogen-bond donors (Lipinski definition) is 2. The van der Waals surface area contributed by atoms with Gasteiger partial charge < -0.3 is 10.5 Å². The highest BCUT2D eigenvalue weighted by Gasteiger charge is 2.13. The number of pyridine rings is 1. The van der Waals surface area contributed by atoms with Gasteiger partial charge in [-0.1, -0.05) is 11.6 Å². The number of nitrogens with two attached hydrogens (primary N) is 1. The Morgan fingerprint density at radius 2 is 2.15 bits per heavy atom. The number of nitro groups is 1. The van der Waals surface area contributed by atoms with Crippen LogP contribution in [0.15, 0.2) is 36.5 Å². The number of aromatic nitrogens is 1. The van der Waals surface area contributed by atoms with Crippen molar-refractivity contribution in [2.75, 3.05) is 0 Å². The molecular formula is C12H9ClN4O3. The van der Waals surface area contributed by atoms with E-state index < -0.39 is 4.92 Å². The molecule has 3 N–H and O–H groups in total. The van der Waals surface area contributed by atoms with E-state index in [0.717, 1.165) is 0 Å². The molecule has 1 aromatic heterocycles. The largest absolute Gasteiger partial charge is 0.453 e. The van der Waals surface area contributed by atoms with Gasteiger partial charge in [-0.25, -0.2) is 4.98 Å². The summed E-state index contributed by atoms with van der Waals surface area (Å²) >= 11 is 5.92. The molecule has 2 rings (SSSR count). The van der Waals surface area contributed by atoms with Crippen LogP contribution < -0.4 is 10.5 Å². The van der Waals surface area contributed by atoms with Crippen LogP contribution in [0.2, 0.25) is 5.02 Å². The summed E-state index contributed by atoms with van der Waals surface area (Å²) in [4.78, 5) is 14.0. The van der Waals surface area contributed by atoms with E-state index in [1.807, 2.05) is 0 Å². The number of halogens is 1. The lowest BCUT2D eigenvalue weighted by molar-refractivity contribution is -0.384. The van der Waals surface area contributed by atoms with Crippen molar-refractivity contribution in [1.29, 1.82) is 5.41 Å². The second-order valence-corrected chi connectivity index (χ2v) is 4.14. The highest BCUT2D eigenvalue weighted by molar-refractivity contribution is 6.32. The average molecular weight is 293 g/mol. The number of nitro benzene ring substituents is 1. The van der Waals surface area contributed by atoms with Crippen molar-refractivity contribution in [2.45, 2.75) is 0 Å². The van der Waals surface area contributed by atoms with Gasteiger partial charge in [-0.15, -0.1) is 0 Å². The maximum atomic E-state index is 10.6. The van der Waals surface area contributed by atoms with E-state index in [-0.39, 0.29) is 33.7 Å². The van der Waals surface area contributed by atoms with Crippen molar-refractivity contribution in [3.8, 4) is 11.5 Å². The molecule has 0 saturated carbocycles. The molecule has 0 spiro atoms. The first-order valence-corrected chi connectivity index (χ1v) is 5.78. The van der Waals surface area contributed by atoms with Gasteiger partial charge in [-0.3, -0.25) is 15.5 Å². The van der Waals surface area contributed by atoms with E-state index in [0.29, 0.717) is 0 Å². The normalized spacial score (nSPS) is 10.1. The third-order valence-electron chi connectivity index (χ3n) is 2.37. The van der Waals surface area contributed by atoms with Gasteiger partial charge in [0.15, 0.2) is 5.75 Å². The molecule has 0 radical (unpaired) electrons. The Morgan fingerprint density at radius 1 is 1.40 bits per heavy atom. The van der Waals surface area contributed by atoms with Crippen LogP contribution >= 0.6 is 11.6 Å². The fraction of sp³-hybridized carbons (Fsp3) is 0. The van der Waals surface area contributed by atoms with E-state index in [1.165, 1.54) is 24.4 Å². The van der Waals surface area contributed by atoms with Crippen LogP contribution in [0.25, 0.3) is 0 Å². The molecule has 0 amide bonds. The Morgan fingerprint density at radius 3 is 2.75 bits per heavy atom. The first-order valence-electron chi connectivity index (χ1n) is 5.40. The maximum absolute atomic E-state index is 10.6. The van der Waals surface area contributed by atoms with Gasteiger partial charge in [-0.2, -0.15) is 0 Å². The molecule has 0 aliphatic carbocycles. The van der Waals surface area contributed by atoms with Gasteiger partial charge in [-0.05, 0) is 18.2 Å². The summed E-state index contributed by atoms with van der Waals surface area (Å²) in [5.74, 6) is 0.210. The van der Waals surface area contributed by atoms with Crippen molar-refractivity contribution in [1.82, 2.24) is 4.98 Å². The van der Waals surface area contributed by atoms with Crippen LogP contribution in [0.1, 0.15) is 5.69 Å². The predicted octanol–water partition coefficient (Wildman–Crippen LogP) is 2.72. The molecule has 0 unspecified atom stereocenters. The fourth-order valence-corrected chi connectivity index (χ4v) is 1.69. The van der Waals surface area contributed by atoms with Gasteiger partial charge in [0.05, 0.1) is 9.95 Å². The van der Waals surface area contributed by atoms with Crippen LogP contribution in [-0.2, 0) is 0 Å². The number of non-ortho nitro benzene ring substituents is 1. The molecule has 0 fully saturated rings. The summed E-state index contributed by atoms with van der Waals surface area (Å²) in [5.41, 5.74) is 5.42. The number of rotatable bonds is 4. The van der Waals surface area contributed by atoms with E-state index >= 15 is 0 Å².